The number of amides is 2. The predicted molar refractivity (Wildman–Crippen MR) is 108 cm³/mol. The molecule has 0 unspecified atom stereocenters. The maximum atomic E-state index is 12.3. The Balaban J connectivity index is 1.85. The lowest BCUT2D eigenvalue weighted by Gasteiger charge is -2.19. The van der Waals surface area contributed by atoms with Gasteiger partial charge in [-0.1, -0.05) is 26.0 Å². The topological polar surface area (TPSA) is 70.7 Å². The molecule has 6 nitrogen and oxygen atoms in total. The molecular weight excluding hydrogens is 342 g/mol. The molecule has 2 N–H and O–H groups in total. The maximum Gasteiger partial charge on any atom is 0.238 e. The van der Waals surface area contributed by atoms with Crippen molar-refractivity contribution in [1.29, 1.82) is 0 Å². The molecule has 2 aromatic carbocycles. The summed E-state index contributed by atoms with van der Waals surface area (Å²) in [4.78, 5) is 26.3. The molecule has 0 fully saturated rings. The number of carbonyl (C=O) groups is 2. The van der Waals surface area contributed by atoms with Crippen LogP contribution in [0.3, 0.4) is 0 Å². The third-order valence-electron chi connectivity index (χ3n) is 4.17. The van der Waals surface area contributed by atoms with Gasteiger partial charge in [-0.15, -0.1) is 0 Å². The van der Waals surface area contributed by atoms with Crippen LogP contribution in [-0.4, -0.2) is 43.5 Å². The summed E-state index contributed by atoms with van der Waals surface area (Å²) >= 11 is 0. The molecule has 2 rings (SSSR count). The first-order valence-electron chi connectivity index (χ1n) is 9.09. The summed E-state index contributed by atoms with van der Waals surface area (Å²) in [5, 5.41) is 5.72. The number of ether oxygens (including phenoxy) is 1. The Labute approximate surface area is 160 Å². The summed E-state index contributed by atoms with van der Waals surface area (Å²) in [5.41, 5.74) is 2.63. The number of hydrogen-bond acceptors (Lipinski definition) is 4. The first-order chi connectivity index (χ1) is 13.0. The normalized spacial score (nSPS) is 10.5. The van der Waals surface area contributed by atoms with Crippen LogP contribution in [0.5, 0.6) is 5.75 Å². The van der Waals surface area contributed by atoms with E-state index in [1.165, 1.54) is 5.56 Å². The highest BCUT2D eigenvalue weighted by molar-refractivity contribution is 5.94. The highest BCUT2D eigenvalue weighted by Crippen LogP contribution is 2.15. The molecule has 0 saturated heterocycles. The van der Waals surface area contributed by atoms with Crippen molar-refractivity contribution in [1.82, 2.24) is 4.90 Å². The van der Waals surface area contributed by atoms with Crippen LogP contribution in [0.25, 0.3) is 0 Å². The van der Waals surface area contributed by atoms with E-state index < -0.39 is 0 Å². The zero-order valence-electron chi connectivity index (χ0n) is 16.1. The highest BCUT2D eigenvalue weighted by atomic mass is 16.5. The van der Waals surface area contributed by atoms with E-state index in [1.54, 1.807) is 36.3 Å². The van der Waals surface area contributed by atoms with Crippen molar-refractivity contribution in [3.8, 4) is 5.75 Å². The lowest BCUT2D eigenvalue weighted by atomic mass is 10.1. The summed E-state index contributed by atoms with van der Waals surface area (Å²) in [7, 11) is 1.59. The molecule has 2 amide bonds. The second-order valence-electron chi connectivity index (χ2n) is 6.18. The molecule has 0 saturated carbocycles. The van der Waals surface area contributed by atoms with Crippen LogP contribution >= 0.6 is 0 Å². The van der Waals surface area contributed by atoms with Gasteiger partial charge in [0, 0.05) is 11.4 Å². The highest BCUT2D eigenvalue weighted by Gasteiger charge is 2.13. The van der Waals surface area contributed by atoms with E-state index in [1.807, 2.05) is 31.2 Å². The monoisotopic (exact) mass is 369 g/mol. The van der Waals surface area contributed by atoms with E-state index in [0.29, 0.717) is 12.2 Å². The number of benzene rings is 2. The number of nitrogens with one attached hydrogen (secondary N) is 2. The predicted octanol–water partition coefficient (Wildman–Crippen LogP) is 3.16. The Hall–Kier alpha value is -2.86. The van der Waals surface area contributed by atoms with Crippen LogP contribution in [0.1, 0.15) is 19.4 Å². The van der Waals surface area contributed by atoms with E-state index >= 15 is 0 Å². The second kappa shape index (κ2) is 10.3. The average Bonchev–Trinajstić information content (AvgIpc) is 2.68. The minimum absolute atomic E-state index is 0.137. The van der Waals surface area contributed by atoms with Crippen molar-refractivity contribution in [3.63, 3.8) is 0 Å². The molecule has 0 aromatic heterocycles. The lowest BCUT2D eigenvalue weighted by Crippen LogP contribution is -2.38. The Bertz CT molecular complexity index is 760. The number of aryl methyl sites for hydroxylation is 1. The Kier molecular flexibility index (Phi) is 7.82. The van der Waals surface area contributed by atoms with Crippen molar-refractivity contribution in [3.05, 3.63) is 54.1 Å². The molecule has 144 valence electrons. The number of likely N-dealkylation sites (N-methyl/N-ethyl adjacent to an activating group) is 1. The summed E-state index contributed by atoms with van der Waals surface area (Å²) in [6.45, 7) is 4.89. The number of rotatable bonds is 9. The molecule has 0 aliphatic heterocycles. The van der Waals surface area contributed by atoms with Gasteiger partial charge < -0.3 is 15.4 Å². The van der Waals surface area contributed by atoms with Crippen LogP contribution in [0, 0.1) is 0 Å². The van der Waals surface area contributed by atoms with Crippen molar-refractivity contribution in [2.24, 2.45) is 0 Å². The summed E-state index contributed by atoms with van der Waals surface area (Å²) < 4.78 is 5.10. The van der Waals surface area contributed by atoms with Gasteiger partial charge in [0.25, 0.3) is 0 Å². The number of anilines is 2. The fourth-order valence-electron chi connectivity index (χ4n) is 2.63. The van der Waals surface area contributed by atoms with Gasteiger partial charge >= 0.3 is 0 Å². The SMILES string of the molecule is CCc1cccc(NC(=O)CN(CC)CC(=O)Nc2ccc(OC)cc2)c1. The molecule has 27 heavy (non-hydrogen) atoms. The third-order valence-corrected chi connectivity index (χ3v) is 4.17. The fourth-order valence-corrected chi connectivity index (χ4v) is 2.63. The Morgan fingerprint density at radius 1 is 0.926 bits per heavy atom. The zero-order valence-corrected chi connectivity index (χ0v) is 16.1. The van der Waals surface area contributed by atoms with Crippen molar-refractivity contribution < 1.29 is 14.3 Å². The Morgan fingerprint density at radius 2 is 1.56 bits per heavy atom. The van der Waals surface area contributed by atoms with Gasteiger partial charge in [0.15, 0.2) is 0 Å². The first kappa shape index (κ1) is 20.5. The van der Waals surface area contributed by atoms with Crippen LogP contribution < -0.4 is 15.4 Å². The van der Waals surface area contributed by atoms with Gasteiger partial charge in [0.05, 0.1) is 20.2 Å². The second-order valence-corrected chi connectivity index (χ2v) is 6.18. The minimum Gasteiger partial charge on any atom is -0.497 e. The van der Waals surface area contributed by atoms with Gasteiger partial charge in [-0.2, -0.15) is 0 Å². The third kappa shape index (κ3) is 6.75. The average molecular weight is 369 g/mol. The molecule has 2 aromatic rings. The zero-order chi connectivity index (χ0) is 19.6. The van der Waals surface area contributed by atoms with E-state index in [9.17, 15) is 9.59 Å². The molecule has 0 bridgehead atoms. The molecule has 0 aliphatic rings. The summed E-state index contributed by atoms with van der Waals surface area (Å²) in [6.07, 6.45) is 0.913. The lowest BCUT2D eigenvalue weighted by molar-refractivity contribution is -0.119. The number of hydrogen-bond donors (Lipinski definition) is 2. The molecule has 6 heteroatoms. The standard InChI is InChI=1S/C21H27N3O3/c1-4-16-7-6-8-18(13-16)23-21(26)15-24(5-2)14-20(25)22-17-9-11-19(27-3)12-10-17/h6-13H,4-5,14-15H2,1-3H3,(H,22,25)(H,23,26). The number of carbonyl (C=O) groups excluding carboxylic acids is 2. The molecule has 0 atom stereocenters. The van der Waals surface area contributed by atoms with Gasteiger partial charge in [-0.25, -0.2) is 0 Å². The van der Waals surface area contributed by atoms with Crippen molar-refractivity contribution >= 4 is 23.2 Å². The van der Waals surface area contributed by atoms with Crippen LogP contribution in [0.15, 0.2) is 48.5 Å². The van der Waals surface area contributed by atoms with E-state index in [0.717, 1.165) is 17.9 Å². The summed E-state index contributed by atoms with van der Waals surface area (Å²) in [5.74, 6) is 0.428. The minimum atomic E-state index is -0.164. The molecule has 0 heterocycles. The fraction of sp³-hybridized carbons (Fsp3) is 0.333. The Morgan fingerprint density at radius 3 is 2.11 bits per heavy atom. The van der Waals surface area contributed by atoms with E-state index in [-0.39, 0.29) is 24.9 Å². The van der Waals surface area contributed by atoms with Gasteiger partial charge in [-0.3, -0.25) is 14.5 Å². The largest absolute Gasteiger partial charge is 0.497 e. The van der Waals surface area contributed by atoms with Crippen molar-refractivity contribution in [2.45, 2.75) is 20.3 Å². The quantitative estimate of drug-likeness (QED) is 0.712. The van der Waals surface area contributed by atoms with Gasteiger partial charge in [0.2, 0.25) is 11.8 Å². The van der Waals surface area contributed by atoms with Crippen LogP contribution in [-0.2, 0) is 16.0 Å². The van der Waals surface area contributed by atoms with E-state index in [4.69, 9.17) is 4.74 Å². The number of methoxy groups -OCH3 is 1. The molecule has 0 spiro atoms. The van der Waals surface area contributed by atoms with Crippen LogP contribution in [0.4, 0.5) is 11.4 Å². The van der Waals surface area contributed by atoms with Gasteiger partial charge in [-0.05, 0) is 54.9 Å². The van der Waals surface area contributed by atoms with Crippen LogP contribution in [0.2, 0.25) is 0 Å². The van der Waals surface area contributed by atoms with E-state index in [2.05, 4.69) is 17.6 Å². The molecule has 0 radical (unpaired) electrons. The molecular formula is C21H27N3O3. The summed E-state index contributed by atoms with van der Waals surface area (Å²) in [6, 6.07) is 14.9. The van der Waals surface area contributed by atoms with Gasteiger partial charge in [0.1, 0.15) is 5.75 Å². The first-order valence-corrected chi connectivity index (χ1v) is 9.09. The molecule has 0 aliphatic carbocycles. The maximum absolute atomic E-state index is 12.3. The number of nitrogens with zero attached hydrogens (tertiary/aromatic N) is 1. The van der Waals surface area contributed by atoms with Crippen molar-refractivity contribution in [2.75, 3.05) is 37.4 Å². The smallest absolute Gasteiger partial charge is 0.238 e.